The Labute approximate surface area is 169 Å². The Kier molecular flexibility index (Phi) is 5.26. The van der Waals surface area contributed by atoms with E-state index in [0.717, 1.165) is 24.0 Å². The number of hydrogen-bond donors (Lipinski definition) is 0. The largest absolute Gasteiger partial charge is 0.360 e. The third-order valence-electron chi connectivity index (χ3n) is 5.36. The summed E-state index contributed by atoms with van der Waals surface area (Å²) < 4.78 is 38.2. The molecule has 1 fully saturated rings. The number of benzene rings is 1. The fourth-order valence-electron chi connectivity index (χ4n) is 3.90. The van der Waals surface area contributed by atoms with E-state index in [2.05, 4.69) is 15.3 Å². The van der Waals surface area contributed by atoms with Gasteiger partial charge in [-0.05, 0) is 45.1 Å². The van der Waals surface area contributed by atoms with Gasteiger partial charge in [-0.15, -0.1) is 0 Å². The summed E-state index contributed by atoms with van der Waals surface area (Å²) in [6.07, 6.45) is 2.24. The summed E-state index contributed by atoms with van der Waals surface area (Å²) in [5.74, 6) is 1.53. The van der Waals surface area contributed by atoms with Gasteiger partial charge in [-0.3, -0.25) is 0 Å². The van der Waals surface area contributed by atoms with Gasteiger partial charge in [0.15, 0.2) is 5.76 Å². The first-order chi connectivity index (χ1) is 13.9. The van der Waals surface area contributed by atoms with Gasteiger partial charge in [-0.1, -0.05) is 34.6 Å². The van der Waals surface area contributed by atoms with Crippen LogP contribution in [-0.2, 0) is 16.4 Å². The molecule has 29 heavy (non-hydrogen) atoms. The number of hydrogen-bond acceptors (Lipinski definition) is 7. The molecule has 0 aliphatic carbocycles. The van der Waals surface area contributed by atoms with Crippen LogP contribution in [0.3, 0.4) is 0 Å². The van der Waals surface area contributed by atoms with Crippen molar-refractivity contribution in [3.05, 3.63) is 47.2 Å². The van der Waals surface area contributed by atoms with Gasteiger partial charge in [0.05, 0.1) is 0 Å². The van der Waals surface area contributed by atoms with Gasteiger partial charge in [0.25, 0.3) is 0 Å². The van der Waals surface area contributed by atoms with Crippen molar-refractivity contribution in [2.24, 2.45) is 5.92 Å². The Balaban J connectivity index is 1.49. The van der Waals surface area contributed by atoms with Gasteiger partial charge < -0.3 is 9.05 Å². The summed E-state index contributed by atoms with van der Waals surface area (Å²) in [5, 5.41) is 7.89. The average Bonchev–Trinajstić information content (AvgIpc) is 3.29. The normalized spacial score (nSPS) is 18.2. The molecule has 0 saturated carbocycles. The van der Waals surface area contributed by atoms with E-state index in [1.807, 2.05) is 31.2 Å². The maximum Gasteiger partial charge on any atom is 0.248 e. The predicted molar refractivity (Wildman–Crippen MR) is 106 cm³/mol. The Morgan fingerprint density at radius 2 is 1.93 bits per heavy atom. The fourth-order valence-corrected chi connectivity index (χ4v) is 5.75. The molecule has 1 atom stereocenters. The first-order valence-corrected chi connectivity index (χ1v) is 11.1. The summed E-state index contributed by atoms with van der Waals surface area (Å²) >= 11 is 0. The van der Waals surface area contributed by atoms with Crippen molar-refractivity contribution in [3.63, 3.8) is 0 Å². The summed E-state index contributed by atoms with van der Waals surface area (Å²) in [6.45, 7) is 6.18. The average molecular weight is 417 g/mol. The Hall–Kier alpha value is -2.52. The first kappa shape index (κ1) is 19.8. The number of aromatic nitrogens is 3. The summed E-state index contributed by atoms with van der Waals surface area (Å²) in [5.41, 5.74) is 2.41. The van der Waals surface area contributed by atoms with E-state index in [1.54, 1.807) is 13.8 Å². The van der Waals surface area contributed by atoms with E-state index in [9.17, 15) is 8.42 Å². The lowest BCUT2D eigenvalue weighted by atomic mass is 9.96. The molecule has 0 spiro atoms. The van der Waals surface area contributed by atoms with Gasteiger partial charge in [0, 0.05) is 25.1 Å². The second-order valence-corrected chi connectivity index (χ2v) is 9.43. The van der Waals surface area contributed by atoms with Crippen molar-refractivity contribution in [3.8, 4) is 11.4 Å². The molecule has 1 aromatic carbocycles. The zero-order valence-electron chi connectivity index (χ0n) is 16.8. The molecule has 0 bridgehead atoms. The van der Waals surface area contributed by atoms with Gasteiger partial charge >= 0.3 is 0 Å². The molecule has 9 heteroatoms. The lowest BCUT2D eigenvalue weighted by molar-refractivity contribution is 0.246. The van der Waals surface area contributed by atoms with Crippen LogP contribution < -0.4 is 0 Å². The second-order valence-electron chi connectivity index (χ2n) is 7.56. The second kappa shape index (κ2) is 7.72. The number of nitrogens with zero attached hydrogens (tertiary/aromatic N) is 4. The van der Waals surface area contributed by atoms with E-state index < -0.39 is 10.0 Å². The van der Waals surface area contributed by atoms with Crippen LogP contribution >= 0.6 is 0 Å². The molecule has 2 aromatic heterocycles. The molecule has 0 unspecified atom stereocenters. The quantitative estimate of drug-likeness (QED) is 0.629. The highest BCUT2D eigenvalue weighted by Gasteiger charge is 2.35. The summed E-state index contributed by atoms with van der Waals surface area (Å²) in [6, 6.07) is 7.87. The Bertz CT molecular complexity index is 1100. The number of piperidine rings is 1. The number of aryl methyl sites for hydroxylation is 3. The highest BCUT2D eigenvalue weighted by Crippen LogP contribution is 2.29. The molecule has 0 amide bonds. The van der Waals surface area contributed by atoms with Crippen LogP contribution in [0.5, 0.6) is 0 Å². The van der Waals surface area contributed by atoms with Gasteiger partial charge in [0.1, 0.15) is 10.6 Å². The maximum atomic E-state index is 13.1. The van der Waals surface area contributed by atoms with Crippen molar-refractivity contribution in [1.82, 2.24) is 19.6 Å². The highest BCUT2D eigenvalue weighted by molar-refractivity contribution is 7.89. The van der Waals surface area contributed by atoms with Crippen molar-refractivity contribution in [1.29, 1.82) is 0 Å². The van der Waals surface area contributed by atoms with E-state index in [1.165, 1.54) is 4.31 Å². The minimum absolute atomic E-state index is 0.115. The zero-order valence-corrected chi connectivity index (χ0v) is 17.6. The molecular weight excluding hydrogens is 392 g/mol. The molecule has 1 aliphatic heterocycles. The van der Waals surface area contributed by atoms with Crippen molar-refractivity contribution >= 4 is 10.0 Å². The number of rotatable bonds is 5. The van der Waals surface area contributed by atoms with Crippen molar-refractivity contribution in [2.75, 3.05) is 13.1 Å². The summed E-state index contributed by atoms with van der Waals surface area (Å²) in [4.78, 5) is 4.71. The molecular formula is C20H24N4O4S. The van der Waals surface area contributed by atoms with Crippen molar-refractivity contribution < 1.29 is 17.5 Å². The molecule has 0 N–H and O–H groups in total. The van der Waals surface area contributed by atoms with Gasteiger partial charge in [-0.2, -0.15) is 9.29 Å². The maximum absolute atomic E-state index is 13.1. The Morgan fingerprint density at radius 3 is 2.66 bits per heavy atom. The van der Waals surface area contributed by atoms with Crippen molar-refractivity contribution in [2.45, 2.75) is 44.9 Å². The van der Waals surface area contributed by atoms with E-state index in [0.29, 0.717) is 42.7 Å². The SMILES string of the molecule is Cc1ccccc1-c1noc(C[C@H]2CCCN(S(=O)(=O)c3c(C)noc3C)C2)n1. The van der Waals surface area contributed by atoms with E-state index in [4.69, 9.17) is 9.05 Å². The molecule has 1 aliphatic rings. The monoisotopic (exact) mass is 416 g/mol. The van der Waals surface area contributed by atoms with Gasteiger partial charge in [-0.25, -0.2) is 8.42 Å². The highest BCUT2D eigenvalue weighted by atomic mass is 32.2. The topological polar surface area (TPSA) is 102 Å². The first-order valence-electron chi connectivity index (χ1n) is 9.68. The van der Waals surface area contributed by atoms with Crippen LogP contribution in [0.1, 0.15) is 35.7 Å². The predicted octanol–water partition coefficient (Wildman–Crippen LogP) is 3.29. The smallest absolute Gasteiger partial charge is 0.248 e. The zero-order chi connectivity index (χ0) is 20.6. The Morgan fingerprint density at radius 1 is 1.14 bits per heavy atom. The third-order valence-corrected chi connectivity index (χ3v) is 7.48. The van der Waals surface area contributed by atoms with E-state index in [-0.39, 0.29) is 10.8 Å². The van der Waals surface area contributed by atoms with Crippen LogP contribution in [-0.4, -0.2) is 41.1 Å². The molecule has 0 radical (unpaired) electrons. The van der Waals surface area contributed by atoms with Gasteiger partial charge in [0.2, 0.25) is 21.7 Å². The lowest BCUT2D eigenvalue weighted by Crippen LogP contribution is -2.40. The molecule has 154 valence electrons. The third kappa shape index (κ3) is 3.84. The fraction of sp³-hybridized carbons (Fsp3) is 0.450. The molecule has 3 aromatic rings. The van der Waals surface area contributed by atoms with Crippen LogP contribution in [0.15, 0.2) is 38.2 Å². The van der Waals surface area contributed by atoms with Crippen LogP contribution in [0.4, 0.5) is 0 Å². The standard InChI is InChI=1S/C20H24N4O4S/c1-13-7-4-5-9-17(13)20-21-18(28-23-20)11-16-8-6-10-24(12-16)29(25,26)19-14(2)22-27-15(19)3/h4-5,7,9,16H,6,8,10-12H2,1-3H3/t16-/m1/s1. The van der Waals surface area contributed by atoms with Crippen LogP contribution in [0.2, 0.25) is 0 Å². The van der Waals surface area contributed by atoms with Crippen LogP contribution in [0.25, 0.3) is 11.4 Å². The summed E-state index contributed by atoms with van der Waals surface area (Å²) in [7, 11) is -3.64. The lowest BCUT2D eigenvalue weighted by Gasteiger charge is -2.31. The number of sulfonamides is 1. The molecule has 8 nitrogen and oxygen atoms in total. The molecule has 1 saturated heterocycles. The minimum Gasteiger partial charge on any atom is -0.360 e. The minimum atomic E-state index is -3.64. The molecule has 3 heterocycles. The molecule has 4 rings (SSSR count). The van der Waals surface area contributed by atoms with E-state index >= 15 is 0 Å². The van der Waals surface area contributed by atoms with Crippen LogP contribution in [0, 0.1) is 26.7 Å².